The Hall–Kier alpha value is -1.06. The monoisotopic (exact) mass is 293 g/mol. The van der Waals surface area contributed by atoms with Crippen LogP contribution >= 0.6 is 11.6 Å². The number of anilines is 1. The van der Waals surface area contributed by atoms with Crippen molar-refractivity contribution in [2.45, 2.75) is 51.0 Å². The summed E-state index contributed by atoms with van der Waals surface area (Å²) in [5.74, 6) is 0.357. The summed E-state index contributed by atoms with van der Waals surface area (Å²) < 4.78 is 0. The van der Waals surface area contributed by atoms with Gasteiger partial charge in [-0.15, -0.1) is 0 Å². The van der Waals surface area contributed by atoms with Crippen molar-refractivity contribution in [3.05, 3.63) is 28.3 Å². The number of carbonyl (C=O) groups is 1. The van der Waals surface area contributed by atoms with Crippen LogP contribution in [-0.2, 0) is 11.2 Å². The molecule has 2 N–H and O–H groups in total. The van der Waals surface area contributed by atoms with E-state index in [2.05, 4.69) is 5.32 Å². The first kappa shape index (κ1) is 13.9. The summed E-state index contributed by atoms with van der Waals surface area (Å²) in [4.78, 5) is 11.4. The molecule has 1 aromatic carbocycles. The van der Waals surface area contributed by atoms with E-state index in [0.29, 0.717) is 23.8 Å². The smallest absolute Gasteiger partial charge is 0.224 e. The van der Waals surface area contributed by atoms with Crippen molar-refractivity contribution < 1.29 is 9.90 Å². The fourth-order valence-corrected chi connectivity index (χ4v) is 3.66. The van der Waals surface area contributed by atoms with Crippen molar-refractivity contribution in [2.24, 2.45) is 5.92 Å². The molecule has 1 unspecified atom stereocenters. The van der Waals surface area contributed by atoms with Gasteiger partial charge in [-0.2, -0.15) is 0 Å². The topological polar surface area (TPSA) is 49.3 Å². The number of nitrogens with one attached hydrogen (secondary N) is 1. The molecule has 1 aliphatic carbocycles. The molecule has 0 saturated heterocycles. The minimum Gasteiger partial charge on any atom is -0.388 e. The van der Waals surface area contributed by atoms with Crippen molar-refractivity contribution in [1.82, 2.24) is 0 Å². The standard InChI is InChI=1S/C16H20ClNO2/c17-13-9-12(16(20)10-4-2-1-3-5-10)8-11-6-7-14(19)18-15(11)13/h8-10,16,20H,1-7H2,(H,18,19). The van der Waals surface area contributed by atoms with Gasteiger partial charge in [-0.05, 0) is 42.4 Å². The molecule has 2 aliphatic rings. The number of benzene rings is 1. The molecule has 1 aliphatic heterocycles. The van der Waals surface area contributed by atoms with Gasteiger partial charge in [0, 0.05) is 6.42 Å². The number of rotatable bonds is 2. The van der Waals surface area contributed by atoms with Crippen molar-refractivity contribution in [3.63, 3.8) is 0 Å². The van der Waals surface area contributed by atoms with Crippen LogP contribution in [0.3, 0.4) is 0 Å². The van der Waals surface area contributed by atoms with Gasteiger partial charge in [0.2, 0.25) is 5.91 Å². The third kappa shape index (κ3) is 2.70. The van der Waals surface area contributed by atoms with Gasteiger partial charge in [0.15, 0.2) is 0 Å². The van der Waals surface area contributed by atoms with Gasteiger partial charge in [0.25, 0.3) is 0 Å². The minimum atomic E-state index is -0.435. The van der Waals surface area contributed by atoms with E-state index in [4.69, 9.17) is 11.6 Å². The predicted octanol–water partition coefficient (Wildman–Crippen LogP) is 3.84. The van der Waals surface area contributed by atoms with Crippen LogP contribution in [0.15, 0.2) is 12.1 Å². The SMILES string of the molecule is O=C1CCc2cc(C(O)C3CCCCC3)cc(Cl)c2N1. The van der Waals surface area contributed by atoms with Crippen molar-refractivity contribution in [3.8, 4) is 0 Å². The fourth-order valence-electron chi connectivity index (χ4n) is 3.37. The first-order valence-corrected chi connectivity index (χ1v) is 7.83. The maximum atomic E-state index is 11.4. The normalized spacial score (nSPS) is 21.2. The number of amides is 1. The minimum absolute atomic E-state index is 0.0139. The molecular formula is C16H20ClNO2. The van der Waals surface area contributed by atoms with Gasteiger partial charge in [-0.3, -0.25) is 4.79 Å². The zero-order chi connectivity index (χ0) is 14.1. The van der Waals surface area contributed by atoms with Crippen molar-refractivity contribution in [2.75, 3.05) is 5.32 Å². The van der Waals surface area contributed by atoms with E-state index < -0.39 is 6.10 Å². The number of aryl methyl sites for hydroxylation is 1. The molecule has 0 bridgehead atoms. The van der Waals surface area contributed by atoms with Gasteiger partial charge in [-0.1, -0.05) is 36.9 Å². The highest BCUT2D eigenvalue weighted by atomic mass is 35.5. The van der Waals surface area contributed by atoms with Crippen LogP contribution in [-0.4, -0.2) is 11.0 Å². The van der Waals surface area contributed by atoms with Crippen LogP contribution in [0.25, 0.3) is 0 Å². The Labute approximate surface area is 124 Å². The predicted molar refractivity (Wildman–Crippen MR) is 79.9 cm³/mol. The maximum absolute atomic E-state index is 11.4. The third-order valence-electron chi connectivity index (χ3n) is 4.52. The number of aliphatic hydroxyl groups excluding tert-OH is 1. The van der Waals surface area contributed by atoms with E-state index in [1.54, 1.807) is 0 Å². The molecule has 1 saturated carbocycles. The number of fused-ring (bicyclic) bond motifs is 1. The second kappa shape index (κ2) is 5.74. The average Bonchev–Trinajstić information content (AvgIpc) is 2.48. The summed E-state index contributed by atoms with van der Waals surface area (Å²) in [5.41, 5.74) is 2.67. The van der Waals surface area contributed by atoms with Crippen molar-refractivity contribution in [1.29, 1.82) is 0 Å². The Balaban J connectivity index is 1.87. The lowest BCUT2D eigenvalue weighted by Crippen LogP contribution is -2.21. The van der Waals surface area contributed by atoms with Gasteiger partial charge in [-0.25, -0.2) is 0 Å². The molecule has 3 nitrogen and oxygen atoms in total. The first-order valence-electron chi connectivity index (χ1n) is 7.45. The largest absolute Gasteiger partial charge is 0.388 e. The molecule has 0 radical (unpaired) electrons. The summed E-state index contributed by atoms with van der Waals surface area (Å²) in [5, 5.41) is 13.9. The number of hydrogen-bond donors (Lipinski definition) is 2. The highest BCUT2D eigenvalue weighted by molar-refractivity contribution is 6.34. The Morgan fingerprint density at radius 1 is 1.20 bits per heavy atom. The number of hydrogen-bond acceptors (Lipinski definition) is 2. The second-order valence-corrected chi connectivity index (χ2v) is 6.34. The molecule has 1 heterocycles. The zero-order valence-electron chi connectivity index (χ0n) is 11.5. The van der Waals surface area contributed by atoms with Gasteiger partial charge < -0.3 is 10.4 Å². The van der Waals surface area contributed by atoms with E-state index >= 15 is 0 Å². The Kier molecular flexibility index (Phi) is 3.99. The Bertz CT molecular complexity index is 523. The van der Waals surface area contributed by atoms with Crippen LogP contribution in [0.1, 0.15) is 55.8 Å². The molecule has 1 atom stereocenters. The van der Waals surface area contributed by atoms with E-state index in [1.807, 2.05) is 12.1 Å². The quantitative estimate of drug-likeness (QED) is 0.870. The Morgan fingerprint density at radius 2 is 1.95 bits per heavy atom. The summed E-state index contributed by atoms with van der Waals surface area (Å²) in [7, 11) is 0. The van der Waals surface area contributed by atoms with Gasteiger partial charge in [0.05, 0.1) is 16.8 Å². The molecule has 20 heavy (non-hydrogen) atoms. The highest BCUT2D eigenvalue weighted by Crippen LogP contribution is 2.38. The lowest BCUT2D eigenvalue weighted by Gasteiger charge is -2.28. The second-order valence-electron chi connectivity index (χ2n) is 5.93. The number of carbonyl (C=O) groups excluding carboxylic acids is 1. The molecule has 108 valence electrons. The molecular weight excluding hydrogens is 274 g/mol. The number of halogens is 1. The lowest BCUT2D eigenvalue weighted by molar-refractivity contribution is -0.116. The van der Waals surface area contributed by atoms with Crippen LogP contribution in [0.4, 0.5) is 5.69 Å². The molecule has 1 fully saturated rings. The fraction of sp³-hybridized carbons (Fsp3) is 0.562. The van der Waals surface area contributed by atoms with E-state index in [9.17, 15) is 9.90 Å². The van der Waals surface area contributed by atoms with E-state index in [1.165, 1.54) is 19.3 Å². The van der Waals surface area contributed by atoms with Crippen LogP contribution < -0.4 is 5.32 Å². The summed E-state index contributed by atoms with van der Waals surface area (Å²) in [6.07, 6.45) is 6.63. The Morgan fingerprint density at radius 3 is 2.70 bits per heavy atom. The molecule has 0 aromatic heterocycles. The van der Waals surface area contributed by atoms with Crippen LogP contribution in [0, 0.1) is 5.92 Å². The van der Waals surface area contributed by atoms with E-state index in [-0.39, 0.29) is 5.91 Å². The van der Waals surface area contributed by atoms with Gasteiger partial charge >= 0.3 is 0 Å². The maximum Gasteiger partial charge on any atom is 0.224 e. The molecule has 1 aromatic rings. The summed E-state index contributed by atoms with van der Waals surface area (Å²) in [6.45, 7) is 0. The molecule has 1 amide bonds. The molecule has 0 spiro atoms. The molecule has 3 rings (SSSR count). The first-order chi connectivity index (χ1) is 9.65. The van der Waals surface area contributed by atoms with Crippen molar-refractivity contribution >= 4 is 23.2 Å². The lowest BCUT2D eigenvalue weighted by atomic mass is 9.82. The van der Waals surface area contributed by atoms with Gasteiger partial charge in [0.1, 0.15) is 0 Å². The third-order valence-corrected chi connectivity index (χ3v) is 4.82. The van der Waals surface area contributed by atoms with Crippen LogP contribution in [0.5, 0.6) is 0 Å². The zero-order valence-corrected chi connectivity index (χ0v) is 12.2. The summed E-state index contributed by atoms with van der Waals surface area (Å²) in [6, 6.07) is 3.82. The molecule has 4 heteroatoms. The number of aliphatic hydroxyl groups is 1. The summed E-state index contributed by atoms with van der Waals surface area (Å²) >= 11 is 6.27. The van der Waals surface area contributed by atoms with E-state index in [0.717, 1.165) is 29.7 Å². The average molecular weight is 294 g/mol. The highest BCUT2D eigenvalue weighted by Gasteiger charge is 2.26. The van der Waals surface area contributed by atoms with Crippen LogP contribution in [0.2, 0.25) is 5.02 Å².